The van der Waals surface area contributed by atoms with Crippen molar-refractivity contribution in [2.45, 2.75) is 20.1 Å². The van der Waals surface area contributed by atoms with E-state index in [1.807, 2.05) is 25.1 Å². The number of nitrogens with zero attached hydrogens (tertiary/aromatic N) is 1. The van der Waals surface area contributed by atoms with Gasteiger partial charge in [-0.25, -0.2) is 15.3 Å². The lowest BCUT2D eigenvalue weighted by Gasteiger charge is -2.03. The fourth-order valence-corrected chi connectivity index (χ4v) is 1.34. The molecular weight excluding hydrogens is 164 g/mol. The maximum atomic E-state index is 5.12. The number of hydrogen-bond donors (Lipinski definition) is 1. The Balaban J connectivity index is 2.36. The normalized spacial score (nSPS) is 21.1. The summed E-state index contributed by atoms with van der Waals surface area (Å²) in [7, 11) is 0. The van der Waals surface area contributed by atoms with Gasteiger partial charge in [-0.15, -0.1) is 0 Å². The predicted molar refractivity (Wildman–Crippen MR) is 51.4 cm³/mol. The van der Waals surface area contributed by atoms with Crippen molar-refractivity contribution in [1.29, 1.82) is 0 Å². The van der Waals surface area contributed by atoms with E-state index in [-0.39, 0.29) is 6.23 Å². The molecule has 0 radical (unpaired) electrons. The van der Waals surface area contributed by atoms with Gasteiger partial charge in [-0.05, 0) is 19.4 Å². The van der Waals surface area contributed by atoms with Gasteiger partial charge < -0.3 is 0 Å². The second-order valence-electron chi connectivity index (χ2n) is 3.11. The summed E-state index contributed by atoms with van der Waals surface area (Å²) in [4.78, 5) is 9.42. The number of nitrogens with one attached hydrogen (secondary N) is 1. The van der Waals surface area contributed by atoms with Crippen molar-refractivity contribution in [3.05, 3.63) is 35.4 Å². The lowest BCUT2D eigenvalue weighted by Crippen LogP contribution is -2.19. The van der Waals surface area contributed by atoms with Gasteiger partial charge >= 0.3 is 0 Å². The zero-order chi connectivity index (χ0) is 9.26. The topological polar surface area (TPSA) is 33.6 Å². The summed E-state index contributed by atoms with van der Waals surface area (Å²) < 4.78 is 0. The van der Waals surface area contributed by atoms with E-state index in [2.05, 4.69) is 23.5 Å². The Bertz CT molecular complexity index is 347. The standard InChI is InChI=1S/C10H12N2O/c1-7-5-3-4-6-9(7)10-11-8(2)13-12-10/h3-6,8H,1-2H3,(H,11,12). The number of hydroxylamine groups is 1. The summed E-state index contributed by atoms with van der Waals surface area (Å²) in [6.07, 6.45) is -0.0883. The molecular formula is C10H12N2O. The Morgan fingerprint density at radius 3 is 2.77 bits per heavy atom. The molecule has 0 spiro atoms. The van der Waals surface area contributed by atoms with E-state index in [4.69, 9.17) is 4.84 Å². The molecule has 13 heavy (non-hydrogen) atoms. The highest BCUT2D eigenvalue weighted by molar-refractivity contribution is 6.00. The van der Waals surface area contributed by atoms with E-state index in [9.17, 15) is 0 Å². The molecule has 1 aromatic carbocycles. The van der Waals surface area contributed by atoms with Gasteiger partial charge in [0.1, 0.15) is 0 Å². The molecule has 0 aliphatic carbocycles. The van der Waals surface area contributed by atoms with Gasteiger partial charge in [0.15, 0.2) is 12.1 Å². The van der Waals surface area contributed by atoms with Gasteiger partial charge in [0, 0.05) is 5.56 Å². The van der Waals surface area contributed by atoms with Crippen molar-refractivity contribution in [3.8, 4) is 0 Å². The van der Waals surface area contributed by atoms with Crippen LogP contribution in [0.25, 0.3) is 0 Å². The maximum absolute atomic E-state index is 5.12. The lowest BCUT2D eigenvalue weighted by molar-refractivity contribution is 0.0504. The molecule has 0 saturated heterocycles. The Morgan fingerprint density at radius 2 is 2.15 bits per heavy atom. The Morgan fingerprint density at radius 1 is 1.38 bits per heavy atom. The van der Waals surface area contributed by atoms with Gasteiger partial charge in [0.05, 0.1) is 0 Å². The molecule has 0 amide bonds. The van der Waals surface area contributed by atoms with Crippen LogP contribution >= 0.6 is 0 Å². The van der Waals surface area contributed by atoms with Crippen LogP contribution in [0.15, 0.2) is 29.3 Å². The number of amidine groups is 1. The second kappa shape index (κ2) is 3.18. The highest BCUT2D eigenvalue weighted by atomic mass is 16.7. The van der Waals surface area contributed by atoms with Crippen LogP contribution in [0.1, 0.15) is 18.1 Å². The molecule has 0 bridgehead atoms. The van der Waals surface area contributed by atoms with E-state index in [1.54, 1.807) is 0 Å². The largest absolute Gasteiger partial charge is 0.248 e. The molecule has 0 aromatic heterocycles. The molecule has 0 fully saturated rings. The van der Waals surface area contributed by atoms with Crippen LogP contribution in [0.5, 0.6) is 0 Å². The third-order valence-corrected chi connectivity index (χ3v) is 2.04. The van der Waals surface area contributed by atoms with Crippen molar-refractivity contribution >= 4 is 5.84 Å². The first kappa shape index (κ1) is 8.26. The minimum Gasteiger partial charge on any atom is -0.248 e. The lowest BCUT2D eigenvalue weighted by atomic mass is 10.1. The average Bonchev–Trinajstić information content (AvgIpc) is 2.53. The van der Waals surface area contributed by atoms with Crippen LogP contribution in [-0.2, 0) is 4.84 Å². The summed E-state index contributed by atoms with van der Waals surface area (Å²) in [6.45, 7) is 3.96. The number of rotatable bonds is 1. The van der Waals surface area contributed by atoms with E-state index in [0.717, 1.165) is 11.4 Å². The molecule has 1 unspecified atom stereocenters. The fourth-order valence-electron chi connectivity index (χ4n) is 1.34. The van der Waals surface area contributed by atoms with E-state index in [0.29, 0.717) is 0 Å². The molecule has 3 nitrogen and oxygen atoms in total. The second-order valence-corrected chi connectivity index (χ2v) is 3.11. The minimum atomic E-state index is -0.0883. The third kappa shape index (κ3) is 1.55. The average molecular weight is 176 g/mol. The van der Waals surface area contributed by atoms with Gasteiger partial charge in [0.2, 0.25) is 0 Å². The van der Waals surface area contributed by atoms with Gasteiger partial charge in [-0.2, -0.15) is 0 Å². The molecule has 2 rings (SSSR count). The molecule has 1 N–H and O–H groups in total. The van der Waals surface area contributed by atoms with Crippen molar-refractivity contribution in [2.24, 2.45) is 4.99 Å². The molecule has 0 saturated carbocycles. The fraction of sp³-hybridized carbons (Fsp3) is 0.300. The quantitative estimate of drug-likeness (QED) is 0.705. The maximum Gasteiger partial charge on any atom is 0.174 e. The van der Waals surface area contributed by atoms with Crippen LogP contribution in [0.2, 0.25) is 0 Å². The van der Waals surface area contributed by atoms with Gasteiger partial charge in [-0.3, -0.25) is 0 Å². The first-order valence-electron chi connectivity index (χ1n) is 4.33. The van der Waals surface area contributed by atoms with Crippen LogP contribution in [-0.4, -0.2) is 12.1 Å². The summed E-state index contributed by atoms with van der Waals surface area (Å²) in [5, 5.41) is 0. The Hall–Kier alpha value is -1.35. The molecule has 1 aliphatic rings. The molecule has 1 aromatic rings. The SMILES string of the molecule is Cc1ccccc1C1=NC(C)ON1. The monoisotopic (exact) mass is 176 g/mol. The molecule has 3 heteroatoms. The summed E-state index contributed by atoms with van der Waals surface area (Å²) >= 11 is 0. The van der Waals surface area contributed by atoms with E-state index >= 15 is 0 Å². The molecule has 1 heterocycles. The number of aryl methyl sites for hydroxylation is 1. The Labute approximate surface area is 77.4 Å². The van der Waals surface area contributed by atoms with Gasteiger partial charge in [0.25, 0.3) is 0 Å². The first-order valence-corrected chi connectivity index (χ1v) is 4.33. The molecule has 68 valence electrons. The highest BCUT2D eigenvalue weighted by Crippen LogP contribution is 2.11. The predicted octanol–water partition coefficient (Wildman–Crippen LogP) is 1.62. The van der Waals surface area contributed by atoms with Crippen LogP contribution in [0.3, 0.4) is 0 Å². The zero-order valence-corrected chi connectivity index (χ0v) is 7.74. The third-order valence-electron chi connectivity index (χ3n) is 2.04. The van der Waals surface area contributed by atoms with Crippen LogP contribution in [0, 0.1) is 6.92 Å². The van der Waals surface area contributed by atoms with Crippen molar-refractivity contribution < 1.29 is 4.84 Å². The molecule has 1 aliphatic heterocycles. The molecule has 1 atom stereocenters. The highest BCUT2D eigenvalue weighted by Gasteiger charge is 2.15. The minimum absolute atomic E-state index is 0.0883. The summed E-state index contributed by atoms with van der Waals surface area (Å²) in [5.74, 6) is 0.825. The van der Waals surface area contributed by atoms with Gasteiger partial charge in [-0.1, -0.05) is 24.3 Å². The van der Waals surface area contributed by atoms with Crippen molar-refractivity contribution in [3.63, 3.8) is 0 Å². The van der Waals surface area contributed by atoms with Crippen molar-refractivity contribution in [1.82, 2.24) is 5.48 Å². The van der Waals surface area contributed by atoms with E-state index in [1.165, 1.54) is 5.56 Å². The summed E-state index contributed by atoms with van der Waals surface area (Å²) in [6, 6.07) is 8.10. The zero-order valence-electron chi connectivity index (χ0n) is 7.74. The number of aliphatic imine (C=N–C) groups is 1. The van der Waals surface area contributed by atoms with Crippen molar-refractivity contribution in [2.75, 3.05) is 0 Å². The number of benzene rings is 1. The number of hydrogen-bond acceptors (Lipinski definition) is 3. The van der Waals surface area contributed by atoms with E-state index < -0.39 is 0 Å². The Kier molecular flexibility index (Phi) is 2.02. The summed E-state index contributed by atoms with van der Waals surface area (Å²) in [5.41, 5.74) is 5.12. The van der Waals surface area contributed by atoms with Crippen LogP contribution < -0.4 is 5.48 Å². The first-order chi connectivity index (χ1) is 6.27. The smallest absolute Gasteiger partial charge is 0.174 e. The van der Waals surface area contributed by atoms with Crippen LogP contribution in [0.4, 0.5) is 0 Å².